The predicted octanol–water partition coefficient (Wildman–Crippen LogP) is 3.74. The summed E-state index contributed by atoms with van der Waals surface area (Å²) in [5.74, 6) is -0.0240. The average molecular weight is 333 g/mol. The maximum atomic E-state index is 12.6. The average Bonchev–Trinajstić information content (AvgIpc) is 3.15. The fourth-order valence-electron chi connectivity index (χ4n) is 3.00. The van der Waals surface area contributed by atoms with Crippen molar-refractivity contribution in [2.24, 2.45) is 0 Å². The first-order chi connectivity index (χ1) is 12.3. The van der Waals surface area contributed by atoms with Gasteiger partial charge in [-0.3, -0.25) is 4.79 Å². The number of benzene rings is 2. The first-order valence-corrected chi connectivity index (χ1v) is 8.62. The van der Waals surface area contributed by atoms with E-state index in [2.05, 4.69) is 22.4 Å². The van der Waals surface area contributed by atoms with E-state index >= 15 is 0 Å². The number of carbonyl (C=O) groups excluding carboxylic acids is 1. The zero-order valence-electron chi connectivity index (χ0n) is 14.4. The third kappa shape index (κ3) is 4.57. The van der Waals surface area contributed by atoms with Gasteiger partial charge in [-0.15, -0.1) is 0 Å². The first kappa shape index (κ1) is 17.0. The van der Waals surface area contributed by atoms with Crippen LogP contribution >= 0.6 is 0 Å². The molecular weight excluding hydrogens is 310 g/mol. The van der Waals surface area contributed by atoms with E-state index in [-0.39, 0.29) is 11.8 Å². The van der Waals surface area contributed by atoms with Crippen molar-refractivity contribution < 1.29 is 4.79 Å². The molecule has 2 aromatic carbocycles. The third-order valence-corrected chi connectivity index (χ3v) is 4.31. The van der Waals surface area contributed by atoms with Crippen molar-refractivity contribution in [1.82, 2.24) is 14.9 Å². The van der Waals surface area contributed by atoms with Crippen LogP contribution < -0.4 is 5.32 Å². The first-order valence-electron chi connectivity index (χ1n) is 8.62. The van der Waals surface area contributed by atoms with Crippen molar-refractivity contribution in [3.05, 3.63) is 90.0 Å². The van der Waals surface area contributed by atoms with Crippen molar-refractivity contribution in [3.63, 3.8) is 0 Å². The molecule has 4 nitrogen and oxygen atoms in total. The number of rotatable bonds is 7. The van der Waals surface area contributed by atoms with E-state index in [9.17, 15) is 4.79 Å². The molecule has 0 aliphatic heterocycles. The minimum absolute atomic E-state index is 0.0775. The van der Waals surface area contributed by atoms with Gasteiger partial charge in [-0.1, -0.05) is 61.5 Å². The Kier molecular flexibility index (Phi) is 5.62. The van der Waals surface area contributed by atoms with Gasteiger partial charge in [-0.2, -0.15) is 0 Å². The SMILES string of the molecule is CC[C@H](C(=O)NCc1cccc(Cn2ccnc2)c1)c1ccccc1. The van der Waals surface area contributed by atoms with Crippen LogP contribution in [0, 0.1) is 0 Å². The zero-order valence-corrected chi connectivity index (χ0v) is 14.4. The molecule has 0 spiro atoms. The van der Waals surface area contributed by atoms with Gasteiger partial charge >= 0.3 is 0 Å². The number of hydrogen-bond acceptors (Lipinski definition) is 2. The maximum absolute atomic E-state index is 12.6. The van der Waals surface area contributed by atoms with E-state index in [0.29, 0.717) is 6.54 Å². The van der Waals surface area contributed by atoms with Crippen molar-refractivity contribution >= 4 is 5.91 Å². The van der Waals surface area contributed by atoms with Gasteiger partial charge in [0.2, 0.25) is 5.91 Å². The quantitative estimate of drug-likeness (QED) is 0.716. The van der Waals surface area contributed by atoms with Crippen molar-refractivity contribution in [1.29, 1.82) is 0 Å². The smallest absolute Gasteiger partial charge is 0.227 e. The number of nitrogens with one attached hydrogen (secondary N) is 1. The van der Waals surface area contributed by atoms with Crippen molar-refractivity contribution in [2.45, 2.75) is 32.4 Å². The lowest BCUT2D eigenvalue weighted by Crippen LogP contribution is -2.28. The molecule has 3 rings (SSSR count). The molecule has 128 valence electrons. The highest BCUT2D eigenvalue weighted by Crippen LogP contribution is 2.19. The van der Waals surface area contributed by atoms with E-state index in [1.54, 1.807) is 12.5 Å². The zero-order chi connectivity index (χ0) is 17.5. The summed E-state index contributed by atoms with van der Waals surface area (Å²) >= 11 is 0. The Balaban J connectivity index is 1.62. The van der Waals surface area contributed by atoms with Crippen molar-refractivity contribution in [3.8, 4) is 0 Å². The van der Waals surface area contributed by atoms with Crippen LogP contribution in [0.1, 0.15) is 36.0 Å². The van der Waals surface area contributed by atoms with Gasteiger partial charge in [-0.25, -0.2) is 4.98 Å². The highest BCUT2D eigenvalue weighted by Gasteiger charge is 2.17. The summed E-state index contributed by atoms with van der Waals surface area (Å²) in [5, 5.41) is 3.08. The van der Waals surface area contributed by atoms with Crippen LogP contribution in [0.25, 0.3) is 0 Å². The normalized spacial score (nSPS) is 11.9. The highest BCUT2D eigenvalue weighted by atomic mass is 16.1. The summed E-state index contributed by atoms with van der Waals surface area (Å²) in [5.41, 5.74) is 3.37. The Morgan fingerprint density at radius 2 is 1.92 bits per heavy atom. The molecule has 0 aliphatic carbocycles. The summed E-state index contributed by atoms with van der Waals surface area (Å²) in [6, 6.07) is 18.2. The molecule has 0 saturated heterocycles. The number of amides is 1. The van der Waals surface area contributed by atoms with Crippen LogP contribution in [-0.2, 0) is 17.9 Å². The number of aromatic nitrogens is 2. The van der Waals surface area contributed by atoms with Gasteiger partial charge in [0.15, 0.2) is 0 Å². The Morgan fingerprint density at radius 1 is 1.12 bits per heavy atom. The molecule has 0 aliphatic rings. The van der Waals surface area contributed by atoms with Crippen LogP contribution in [-0.4, -0.2) is 15.5 Å². The number of nitrogens with zero attached hydrogens (tertiary/aromatic N) is 2. The largest absolute Gasteiger partial charge is 0.351 e. The topological polar surface area (TPSA) is 46.9 Å². The van der Waals surface area contributed by atoms with E-state index in [1.165, 1.54) is 5.56 Å². The summed E-state index contributed by atoms with van der Waals surface area (Å²) in [7, 11) is 0. The van der Waals surface area contributed by atoms with Crippen LogP contribution in [0.2, 0.25) is 0 Å². The van der Waals surface area contributed by atoms with E-state index < -0.39 is 0 Å². The molecule has 3 aromatic rings. The van der Waals surface area contributed by atoms with E-state index in [1.807, 2.05) is 60.2 Å². The molecule has 1 N–H and O–H groups in total. The molecule has 0 unspecified atom stereocenters. The molecule has 0 radical (unpaired) electrons. The summed E-state index contributed by atoms with van der Waals surface area (Å²) in [6.45, 7) is 3.37. The van der Waals surface area contributed by atoms with Gasteiger partial charge < -0.3 is 9.88 Å². The van der Waals surface area contributed by atoms with Gasteiger partial charge in [0.25, 0.3) is 0 Å². The van der Waals surface area contributed by atoms with Gasteiger partial charge in [0.1, 0.15) is 0 Å². The standard InChI is InChI=1S/C21H23N3O/c1-2-20(19-9-4-3-5-10-19)21(25)23-14-17-7-6-8-18(13-17)15-24-12-11-22-16-24/h3-13,16,20H,2,14-15H2,1H3,(H,23,25)/t20-/m0/s1. The lowest BCUT2D eigenvalue weighted by atomic mass is 9.95. The van der Waals surface area contributed by atoms with Crippen LogP contribution in [0.4, 0.5) is 0 Å². The van der Waals surface area contributed by atoms with E-state index in [0.717, 1.165) is 24.1 Å². The molecule has 0 saturated carbocycles. The fourth-order valence-corrected chi connectivity index (χ4v) is 3.00. The van der Waals surface area contributed by atoms with Crippen LogP contribution in [0.15, 0.2) is 73.3 Å². The maximum Gasteiger partial charge on any atom is 0.227 e. The molecule has 0 fully saturated rings. The second-order valence-electron chi connectivity index (χ2n) is 6.14. The molecular formula is C21H23N3O. The number of hydrogen-bond donors (Lipinski definition) is 1. The van der Waals surface area contributed by atoms with Gasteiger partial charge in [0.05, 0.1) is 12.2 Å². The Labute approximate surface area is 148 Å². The minimum Gasteiger partial charge on any atom is -0.351 e. The van der Waals surface area contributed by atoms with Gasteiger partial charge in [0, 0.05) is 25.5 Å². The highest BCUT2D eigenvalue weighted by molar-refractivity contribution is 5.83. The molecule has 1 aromatic heterocycles. The van der Waals surface area contributed by atoms with E-state index in [4.69, 9.17) is 0 Å². The third-order valence-electron chi connectivity index (χ3n) is 4.31. The second-order valence-corrected chi connectivity index (χ2v) is 6.14. The Bertz CT molecular complexity index is 797. The second kappa shape index (κ2) is 8.29. The lowest BCUT2D eigenvalue weighted by molar-refractivity contribution is -0.122. The summed E-state index contributed by atoms with van der Waals surface area (Å²) < 4.78 is 2.03. The molecule has 1 atom stereocenters. The minimum atomic E-state index is -0.102. The Hall–Kier alpha value is -2.88. The summed E-state index contributed by atoms with van der Waals surface area (Å²) in [6.07, 6.45) is 6.31. The van der Waals surface area contributed by atoms with Crippen LogP contribution in [0.3, 0.4) is 0 Å². The fraction of sp³-hybridized carbons (Fsp3) is 0.238. The van der Waals surface area contributed by atoms with Gasteiger partial charge in [-0.05, 0) is 23.1 Å². The molecule has 1 amide bonds. The molecule has 4 heteroatoms. The molecule has 1 heterocycles. The van der Waals surface area contributed by atoms with Crippen LogP contribution in [0.5, 0.6) is 0 Å². The number of imidazole rings is 1. The Morgan fingerprint density at radius 3 is 2.64 bits per heavy atom. The molecule has 25 heavy (non-hydrogen) atoms. The number of carbonyl (C=O) groups is 1. The summed E-state index contributed by atoms with van der Waals surface area (Å²) in [4.78, 5) is 16.6. The lowest BCUT2D eigenvalue weighted by Gasteiger charge is -2.15. The monoisotopic (exact) mass is 333 g/mol. The predicted molar refractivity (Wildman–Crippen MR) is 99.1 cm³/mol. The molecule has 0 bridgehead atoms. The van der Waals surface area contributed by atoms with Crippen molar-refractivity contribution in [2.75, 3.05) is 0 Å².